The average Bonchev–Trinajstić information content (AvgIpc) is 2.41. The lowest BCUT2D eigenvalue weighted by Crippen LogP contribution is -2.34. The van der Waals surface area contributed by atoms with E-state index in [1.807, 2.05) is 45.9 Å². The fourth-order valence-electron chi connectivity index (χ4n) is 1.65. The molecule has 1 aromatic carbocycles. The molecule has 0 saturated heterocycles. The maximum Gasteiger partial charge on any atom is 0.332 e. The van der Waals surface area contributed by atoms with Crippen LogP contribution in [0.3, 0.4) is 0 Å². The van der Waals surface area contributed by atoms with E-state index in [1.54, 1.807) is 0 Å². The zero-order valence-corrected chi connectivity index (χ0v) is 13.1. The van der Waals surface area contributed by atoms with E-state index in [-0.39, 0.29) is 17.6 Å². The molecule has 0 heterocycles. The van der Waals surface area contributed by atoms with E-state index < -0.39 is 5.97 Å². The first kappa shape index (κ1) is 16.8. The summed E-state index contributed by atoms with van der Waals surface area (Å²) in [5, 5.41) is 5.71. The Morgan fingerprint density at radius 1 is 1.19 bits per heavy atom. The summed E-state index contributed by atoms with van der Waals surface area (Å²) in [6, 6.07) is 5.70. The van der Waals surface area contributed by atoms with Crippen LogP contribution in [0, 0.1) is 13.8 Å². The number of benzene rings is 1. The van der Waals surface area contributed by atoms with Gasteiger partial charge in [-0.2, -0.15) is 0 Å². The maximum absolute atomic E-state index is 12.1. The van der Waals surface area contributed by atoms with Crippen LogP contribution in [0.5, 0.6) is 0 Å². The summed E-state index contributed by atoms with van der Waals surface area (Å²) in [4.78, 5) is 23.5. The number of carbonyl (C=O) groups excluding carboxylic acids is 2. The Morgan fingerprint density at radius 2 is 1.86 bits per heavy atom. The van der Waals surface area contributed by atoms with E-state index >= 15 is 0 Å². The quantitative estimate of drug-likeness (QED) is 0.645. The molecule has 0 aliphatic heterocycles. The van der Waals surface area contributed by atoms with Crippen molar-refractivity contribution in [3.05, 3.63) is 41.1 Å². The summed E-state index contributed by atoms with van der Waals surface area (Å²) >= 11 is 0. The Bertz CT molecular complexity index is 563. The number of carbonyl (C=O) groups is 2. The van der Waals surface area contributed by atoms with Gasteiger partial charge in [0.1, 0.15) is 5.70 Å². The van der Waals surface area contributed by atoms with Gasteiger partial charge >= 0.3 is 5.97 Å². The normalized spacial score (nSPS) is 11.2. The monoisotopic (exact) mass is 290 g/mol. The molecule has 0 radical (unpaired) electrons. The Kier molecular flexibility index (Phi) is 5.96. The third-order valence-corrected chi connectivity index (χ3v) is 2.91. The second kappa shape index (κ2) is 7.47. The fraction of sp³-hybridized carbons (Fsp3) is 0.375. The molecule has 5 nitrogen and oxygen atoms in total. The zero-order chi connectivity index (χ0) is 16.0. The highest BCUT2D eigenvalue weighted by molar-refractivity contribution is 6.01. The molecule has 0 aliphatic carbocycles. The molecule has 0 bridgehead atoms. The second-order valence-electron chi connectivity index (χ2n) is 5.13. The molecule has 114 valence electrons. The number of aryl methyl sites for hydroxylation is 2. The van der Waals surface area contributed by atoms with Crippen molar-refractivity contribution in [3.8, 4) is 0 Å². The number of anilines is 1. The molecular formula is C16H22N2O3. The van der Waals surface area contributed by atoms with Gasteiger partial charge in [-0.3, -0.25) is 4.79 Å². The van der Waals surface area contributed by atoms with Gasteiger partial charge in [-0.1, -0.05) is 6.07 Å². The number of methoxy groups -OCH3 is 1. The molecule has 1 amide bonds. The Morgan fingerprint density at radius 3 is 2.38 bits per heavy atom. The van der Waals surface area contributed by atoms with Gasteiger partial charge in [0.15, 0.2) is 0 Å². The molecule has 21 heavy (non-hydrogen) atoms. The number of hydrogen-bond donors (Lipinski definition) is 2. The van der Waals surface area contributed by atoms with E-state index in [4.69, 9.17) is 0 Å². The molecule has 5 heteroatoms. The standard InChI is InChI=1S/C16H22N2O3/c1-10(2)17-16(20)14(9-15(19)21-5)18-13-7-6-11(3)12(4)8-13/h6-10,18H,1-5H3,(H,17,20)/b14-9-. The van der Waals surface area contributed by atoms with Crippen LogP contribution in [0.2, 0.25) is 0 Å². The van der Waals surface area contributed by atoms with Gasteiger partial charge in [0.2, 0.25) is 0 Å². The molecule has 0 atom stereocenters. The third kappa shape index (κ3) is 5.30. The summed E-state index contributed by atoms with van der Waals surface area (Å²) < 4.78 is 4.58. The fourth-order valence-corrected chi connectivity index (χ4v) is 1.65. The molecule has 1 aromatic rings. The summed E-state index contributed by atoms with van der Waals surface area (Å²) in [6.07, 6.45) is 1.15. The van der Waals surface area contributed by atoms with Crippen molar-refractivity contribution >= 4 is 17.6 Å². The number of rotatable bonds is 5. The van der Waals surface area contributed by atoms with Crippen molar-refractivity contribution in [2.24, 2.45) is 0 Å². The lowest BCUT2D eigenvalue weighted by Gasteiger charge is -2.14. The number of ether oxygens (including phenoxy) is 1. The number of esters is 1. The smallest absolute Gasteiger partial charge is 0.332 e. The Balaban J connectivity index is 3.01. The largest absolute Gasteiger partial charge is 0.466 e. The van der Waals surface area contributed by atoms with Gasteiger partial charge in [0.05, 0.1) is 13.2 Å². The van der Waals surface area contributed by atoms with Gasteiger partial charge in [-0.25, -0.2) is 4.79 Å². The van der Waals surface area contributed by atoms with Crippen molar-refractivity contribution in [1.82, 2.24) is 5.32 Å². The summed E-state index contributed by atoms with van der Waals surface area (Å²) in [5.41, 5.74) is 3.15. The van der Waals surface area contributed by atoms with E-state index in [9.17, 15) is 9.59 Å². The van der Waals surface area contributed by atoms with Crippen molar-refractivity contribution in [1.29, 1.82) is 0 Å². The van der Waals surface area contributed by atoms with Gasteiger partial charge in [-0.15, -0.1) is 0 Å². The molecule has 2 N–H and O–H groups in total. The molecule has 0 fully saturated rings. The second-order valence-corrected chi connectivity index (χ2v) is 5.13. The Labute approximate surface area is 125 Å². The molecule has 0 aromatic heterocycles. The predicted molar refractivity (Wildman–Crippen MR) is 82.9 cm³/mol. The first-order chi connectivity index (χ1) is 9.83. The lowest BCUT2D eigenvalue weighted by atomic mass is 10.1. The van der Waals surface area contributed by atoms with E-state index in [2.05, 4.69) is 15.4 Å². The van der Waals surface area contributed by atoms with Crippen molar-refractivity contribution in [3.63, 3.8) is 0 Å². The summed E-state index contributed by atoms with van der Waals surface area (Å²) in [5.74, 6) is -0.936. The lowest BCUT2D eigenvalue weighted by molar-refractivity contribution is -0.135. The summed E-state index contributed by atoms with van der Waals surface area (Å²) in [6.45, 7) is 7.70. The predicted octanol–water partition coefficient (Wildman–Crippen LogP) is 2.30. The van der Waals surface area contributed by atoms with Crippen LogP contribution >= 0.6 is 0 Å². The molecule has 0 saturated carbocycles. The van der Waals surface area contributed by atoms with Crippen molar-refractivity contribution in [2.45, 2.75) is 33.7 Å². The first-order valence-corrected chi connectivity index (χ1v) is 6.78. The highest BCUT2D eigenvalue weighted by Gasteiger charge is 2.13. The van der Waals surface area contributed by atoms with Crippen LogP contribution in [0.1, 0.15) is 25.0 Å². The van der Waals surface area contributed by atoms with Crippen molar-refractivity contribution < 1.29 is 14.3 Å². The van der Waals surface area contributed by atoms with Gasteiger partial charge in [0.25, 0.3) is 5.91 Å². The third-order valence-electron chi connectivity index (χ3n) is 2.91. The SMILES string of the molecule is COC(=O)/C=C(\Nc1ccc(C)c(C)c1)C(=O)NC(C)C. The molecule has 1 rings (SSSR count). The number of nitrogens with one attached hydrogen (secondary N) is 2. The minimum atomic E-state index is -0.583. The zero-order valence-electron chi connectivity index (χ0n) is 13.1. The van der Waals surface area contributed by atoms with Crippen LogP contribution in [-0.2, 0) is 14.3 Å². The molecule has 0 unspecified atom stereocenters. The molecule has 0 spiro atoms. The van der Waals surface area contributed by atoms with Crippen LogP contribution < -0.4 is 10.6 Å². The van der Waals surface area contributed by atoms with Crippen LogP contribution in [-0.4, -0.2) is 25.0 Å². The van der Waals surface area contributed by atoms with E-state index in [0.29, 0.717) is 0 Å². The topological polar surface area (TPSA) is 67.4 Å². The van der Waals surface area contributed by atoms with Gasteiger partial charge in [0, 0.05) is 11.7 Å². The minimum Gasteiger partial charge on any atom is -0.466 e. The average molecular weight is 290 g/mol. The van der Waals surface area contributed by atoms with Crippen molar-refractivity contribution in [2.75, 3.05) is 12.4 Å². The minimum absolute atomic E-state index is 0.0277. The molecular weight excluding hydrogens is 268 g/mol. The highest BCUT2D eigenvalue weighted by Crippen LogP contribution is 2.16. The van der Waals surface area contributed by atoms with Gasteiger partial charge in [-0.05, 0) is 51.0 Å². The van der Waals surface area contributed by atoms with E-state index in [0.717, 1.165) is 22.9 Å². The van der Waals surface area contributed by atoms with Gasteiger partial charge < -0.3 is 15.4 Å². The van der Waals surface area contributed by atoms with Crippen LogP contribution in [0.4, 0.5) is 5.69 Å². The van der Waals surface area contributed by atoms with Crippen LogP contribution in [0.25, 0.3) is 0 Å². The van der Waals surface area contributed by atoms with E-state index in [1.165, 1.54) is 7.11 Å². The molecule has 0 aliphatic rings. The highest BCUT2D eigenvalue weighted by atomic mass is 16.5. The van der Waals surface area contributed by atoms with Crippen LogP contribution in [0.15, 0.2) is 30.0 Å². The Hall–Kier alpha value is -2.30. The summed E-state index contributed by atoms with van der Waals surface area (Å²) in [7, 11) is 1.27. The number of hydrogen-bond acceptors (Lipinski definition) is 4. The first-order valence-electron chi connectivity index (χ1n) is 6.78. The maximum atomic E-state index is 12.1. The number of amides is 1.